The van der Waals surface area contributed by atoms with Crippen molar-refractivity contribution in [2.45, 2.75) is 64.9 Å². The monoisotopic (exact) mass is 537 g/mol. The third-order valence-electron chi connectivity index (χ3n) is 7.89. The number of ether oxygens (including phenoxy) is 1. The van der Waals surface area contributed by atoms with Crippen LogP contribution in [-0.2, 0) is 45.1 Å². The first-order valence-corrected chi connectivity index (χ1v) is 13.4. The van der Waals surface area contributed by atoms with Crippen molar-refractivity contribution >= 4 is 23.1 Å². The van der Waals surface area contributed by atoms with Crippen molar-refractivity contribution < 1.29 is 19.5 Å². The minimum absolute atomic E-state index is 0.0930. The molecule has 2 aromatic carbocycles. The number of para-hydroxylation sites is 1. The molecule has 0 bridgehead atoms. The number of esters is 1. The molecule has 2 aliphatic heterocycles. The van der Waals surface area contributed by atoms with Crippen LogP contribution >= 0.6 is 0 Å². The fraction of sp³-hybridized carbons (Fsp3) is 0.312. The molecule has 0 saturated carbocycles. The molecule has 0 spiro atoms. The number of hydrogen-bond donors (Lipinski definition) is 1. The lowest BCUT2D eigenvalue weighted by Crippen LogP contribution is -2.44. The number of carbonyl (C=O) groups is 1. The molecule has 0 saturated heterocycles. The van der Waals surface area contributed by atoms with Gasteiger partial charge in [0.2, 0.25) is 0 Å². The zero-order valence-electron chi connectivity index (χ0n) is 23.0. The number of rotatable bonds is 5. The van der Waals surface area contributed by atoms with Crippen LogP contribution in [0.5, 0.6) is 0 Å². The van der Waals surface area contributed by atoms with Crippen LogP contribution in [0, 0.1) is 0 Å². The van der Waals surface area contributed by atoms with Gasteiger partial charge in [-0.15, -0.1) is 0 Å². The Morgan fingerprint density at radius 1 is 1.15 bits per heavy atom. The van der Waals surface area contributed by atoms with Crippen LogP contribution in [0.15, 0.2) is 64.5 Å². The molecule has 2 aromatic heterocycles. The van der Waals surface area contributed by atoms with Gasteiger partial charge >= 0.3 is 5.97 Å². The summed E-state index contributed by atoms with van der Waals surface area (Å²) in [5, 5.41) is 16.2. The molecule has 1 atom stereocenters. The van der Waals surface area contributed by atoms with Crippen LogP contribution in [-0.4, -0.2) is 26.8 Å². The third kappa shape index (κ3) is 4.19. The van der Waals surface area contributed by atoms with Crippen LogP contribution in [0.4, 0.5) is 0 Å². The summed E-state index contributed by atoms with van der Waals surface area (Å²) in [5.41, 5.74) is 4.46. The quantitative estimate of drug-likeness (QED) is 0.194. The summed E-state index contributed by atoms with van der Waals surface area (Å²) in [5.74, 6) is -0.736. The number of oxime groups is 1. The summed E-state index contributed by atoms with van der Waals surface area (Å²) in [6.45, 7) is 8.79. The van der Waals surface area contributed by atoms with Gasteiger partial charge in [-0.05, 0) is 35.1 Å². The molecule has 2 aliphatic rings. The molecule has 40 heavy (non-hydrogen) atoms. The van der Waals surface area contributed by atoms with Crippen molar-refractivity contribution in [1.29, 1.82) is 0 Å². The first kappa shape index (κ1) is 26.0. The Labute approximate surface area is 231 Å². The van der Waals surface area contributed by atoms with Gasteiger partial charge in [-0.25, -0.2) is 9.78 Å². The fourth-order valence-electron chi connectivity index (χ4n) is 5.44. The molecule has 6 rings (SSSR count). The van der Waals surface area contributed by atoms with Gasteiger partial charge < -0.3 is 19.2 Å². The second kappa shape index (κ2) is 9.41. The van der Waals surface area contributed by atoms with E-state index in [2.05, 4.69) is 50.2 Å². The van der Waals surface area contributed by atoms with Gasteiger partial charge in [-0.3, -0.25) is 4.79 Å². The van der Waals surface area contributed by atoms with E-state index < -0.39 is 11.6 Å². The van der Waals surface area contributed by atoms with Gasteiger partial charge in [0.05, 0.1) is 35.2 Å². The van der Waals surface area contributed by atoms with Crippen LogP contribution in [0.25, 0.3) is 22.3 Å². The second-order valence-corrected chi connectivity index (χ2v) is 11.5. The highest BCUT2D eigenvalue weighted by molar-refractivity contribution is 5.98. The van der Waals surface area contributed by atoms with Gasteiger partial charge in [0, 0.05) is 22.1 Å². The Kier molecular flexibility index (Phi) is 6.11. The van der Waals surface area contributed by atoms with Crippen LogP contribution in [0.1, 0.15) is 67.5 Å². The molecular formula is C32H31N3O5. The first-order chi connectivity index (χ1) is 19.1. The normalized spacial score (nSPS) is 18.0. The fourth-order valence-corrected chi connectivity index (χ4v) is 5.44. The summed E-state index contributed by atoms with van der Waals surface area (Å²) in [6, 6.07) is 17.9. The highest BCUT2D eigenvalue weighted by Crippen LogP contribution is 2.38. The molecule has 8 heteroatoms. The summed E-state index contributed by atoms with van der Waals surface area (Å²) >= 11 is 0. The summed E-state index contributed by atoms with van der Waals surface area (Å²) in [4.78, 5) is 36.4. The van der Waals surface area contributed by atoms with Crippen molar-refractivity contribution in [3.8, 4) is 11.4 Å². The molecule has 0 fully saturated rings. The minimum atomic E-state index is -1.86. The molecule has 204 valence electrons. The van der Waals surface area contributed by atoms with E-state index >= 15 is 0 Å². The topological polar surface area (TPSA) is 103 Å². The Hall–Kier alpha value is -4.30. The van der Waals surface area contributed by atoms with Crippen molar-refractivity contribution in [2.75, 3.05) is 0 Å². The maximum absolute atomic E-state index is 13.4. The Bertz CT molecular complexity index is 1750. The molecule has 8 nitrogen and oxygen atoms in total. The van der Waals surface area contributed by atoms with Gasteiger partial charge in [-0.1, -0.05) is 75.3 Å². The van der Waals surface area contributed by atoms with Crippen molar-refractivity contribution in [3.63, 3.8) is 0 Å². The number of fused-ring (bicyclic) bond motifs is 5. The Morgan fingerprint density at radius 2 is 1.93 bits per heavy atom. The van der Waals surface area contributed by atoms with E-state index in [-0.39, 0.29) is 24.0 Å². The Balaban J connectivity index is 1.32. The summed E-state index contributed by atoms with van der Waals surface area (Å²) < 4.78 is 6.79. The SMILES string of the molecule is CC[C@@]1(O)C(=O)OCc2c1cc1n(c2=O)Cc2cc3cccc(/C=N/OCc4ccc(C(C)(C)C)cc4)c3nc2-1. The summed E-state index contributed by atoms with van der Waals surface area (Å²) in [7, 11) is 0. The van der Waals surface area contributed by atoms with E-state index in [9.17, 15) is 14.7 Å². The number of aliphatic hydroxyl groups is 1. The molecule has 0 aliphatic carbocycles. The highest BCUT2D eigenvalue weighted by Gasteiger charge is 2.45. The van der Waals surface area contributed by atoms with Gasteiger partial charge in [-0.2, -0.15) is 0 Å². The molecule has 4 heterocycles. The van der Waals surface area contributed by atoms with E-state index in [0.29, 0.717) is 41.2 Å². The zero-order valence-corrected chi connectivity index (χ0v) is 23.0. The van der Waals surface area contributed by atoms with E-state index in [1.807, 2.05) is 24.3 Å². The van der Waals surface area contributed by atoms with E-state index in [4.69, 9.17) is 14.6 Å². The lowest BCUT2D eigenvalue weighted by molar-refractivity contribution is -0.172. The van der Waals surface area contributed by atoms with Crippen molar-refractivity contribution in [1.82, 2.24) is 9.55 Å². The average molecular weight is 538 g/mol. The van der Waals surface area contributed by atoms with E-state index in [0.717, 1.165) is 22.1 Å². The predicted octanol–water partition coefficient (Wildman–Crippen LogP) is 4.93. The molecule has 0 radical (unpaired) electrons. The lowest BCUT2D eigenvalue weighted by atomic mass is 9.86. The largest absolute Gasteiger partial charge is 0.458 e. The lowest BCUT2D eigenvalue weighted by Gasteiger charge is -2.31. The van der Waals surface area contributed by atoms with Crippen molar-refractivity contribution in [2.24, 2.45) is 5.16 Å². The standard InChI is InChI=1S/C32H31N3O5/c1-5-32(38)25-14-26-28-22(16-35(26)29(36)24(25)18-39-30(32)37)13-20-7-6-8-21(27(20)34-28)15-33-40-17-19-9-11-23(12-10-19)31(2,3)4/h6-15,38H,5,16-18H2,1-4H3/b33-15+/t32-/m0/s1. The van der Waals surface area contributed by atoms with Gasteiger partial charge in [0.15, 0.2) is 5.60 Å². The third-order valence-corrected chi connectivity index (χ3v) is 7.89. The van der Waals surface area contributed by atoms with E-state index in [1.54, 1.807) is 23.8 Å². The number of cyclic esters (lactones) is 1. The first-order valence-electron chi connectivity index (χ1n) is 13.4. The maximum atomic E-state index is 13.4. The Morgan fingerprint density at radius 3 is 2.65 bits per heavy atom. The van der Waals surface area contributed by atoms with Gasteiger partial charge in [0.1, 0.15) is 13.2 Å². The van der Waals surface area contributed by atoms with E-state index in [1.165, 1.54) is 5.56 Å². The predicted molar refractivity (Wildman–Crippen MR) is 152 cm³/mol. The van der Waals surface area contributed by atoms with Gasteiger partial charge in [0.25, 0.3) is 5.56 Å². The molecule has 0 amide bonds. The molecule has 1 N–H and O–H groups in total. The molecule has 4 aromatic rings. The smallest absolute Gasteiger partial charge is 0.343 e. The number of nitrogens with zero attached hydrogens (tertiary/aromatic N) is 3. The highest BCUT2D eigenvalue weighted by atomic mass is 16.6. The van der Waals surface area contributed by atoms with Crippen molar-refractivity contribution in [3.05, 3.63) is 98.3 Å². The zero-order chi connectivity index (χ0) is 28.2. The number of pyridine rings is 2. The number of hydrogen-bond acceptors (Lipinski definition) is 7. The number of aromatic nitrogens is 2. The second-order valence-electron chi connectivity index (χ2n) is 11.5. The molecule has 0 unspecified atom stereocenters. The van der Waals surface area contributed by atoms with Crippen LogP contribution < -0.4 is 5.56 Å². The summed E-state index contributed by atoms with van der Waals surface area (Å²) in [6.07, 6.45) is 1.74. The average Bonchev–Trinajstić information content (AvgIpc) is 3.30. The van der Waals surface area contributed by atoms with Crippen LogP contribution in [0.2, 0.25) is 0 Å². The maximum Gasteiger partial charge on any atom is 0.343 e. The molecular weight excluding hydrogens is 506 g/mol. The number of benzene rings is 2. The van der Waals surface area contributed by atoms with Crippen LogP contribution in [0.3, 0.4) is 0 Å². The minimum Gasteiger partial charge on any atom is -0.458 e. The number of carbonyl (C=O) groups excluding carboxylic acids is 1.